The number of hydrogen-bond acceptors (Lipinski definition) is 5. The fourth-order valence-electron chi connectivity index (χ4n) is 1.92. The maximum atomic E-state index is 12.2. The van der Waals surface area contributed by atoms with Gasteiger partial charge in [0.15, 0.2) is 0 Å². The molecule has 0 spiro atoms. The van der Waals surface area contributed by atoms with Crippen molar-refractivity contribution in [2.45, 2.75) is 6.42 Å². The zero-order chi connectivity index (χ0) is 15.2. The molecule has 114 valence electrons. The lowest BCUT2D eigenvalue weighted by atomic mass is 10.2. The average molecular weight is 373 g/mol. The van der Waals surface area contributed by atoms with E-state index in [1.165, 1.54) is 11.3 Å². The third-order valence-corrected chi connectivity index (χ3v) is 4.72. The van der Waals surface area contributed by atoms with E-state index in [1.54, 1.807) is 0 Å². The van der Waals surface area contributed by atoms with Crippen LogP contribution in [0.5, 0.6) is 0 Å². The van der Waals surface area contributed by atoms with Crippen LogP contribution in [0.25, 0.3) is 10.1 Å². The van der Waals surface area contributed by atoms with Gasteiger partial charge in [-0.3, -0.25) is 4.79 Å². The van der Waals surface area contributed by atoms with Gasteiger partial charge in [-0.05, 0) is 18.6 Å². The fraction of sp³-hybridized carbons (Fsp3) is 0.357. The van der Waals surface area contributed by atoms with E-state index >= 15 is 0 Å². The first-order valence-electron chi connectivity index (χ1n) is 6.58. The molecule has 21 heavy (non-hydrogen) atoms. The minimum atomic E-state index is -0.164. The Kier molecular flexibility index (Phi) is 5.98. The van der Waals surface area contributed by atoms with Crippen LogP contribution in [-0.4, -0.2) is 37.4 Å². The summed E-state index contributed by atoms with van der Waals surface area (Å²) in [6.07, 6.45) is 0.695. The summed E-state index contributed by atoms with van der Waals surface area (Å²) in [6, 6.07) is 5.77. The summed E-state index contributed by atoms with van der Waals surface area (Å²) in [6.45, 7) is 1.36. The number of benzene rings is 1. The molecular formula is C14H17BrN2O3S. The third-order valence-electron chi connectivity index (χ3n) is 2.89. The number of hydrogen-bond donors (Lipinski definition) is 3. The molecule has 0 aliphatic rings. The maximum Gasteiger partial charge on any atom is 0.263 e. The van der Waals surface area contributed by atoms with E-state index in [-0.39, 0.29) is 12.5 Å². The summed E-state index contributed by atoms with van der Waals surface area (Å²) in [5, 5.41) is 12.3. The minimum absolute atomic E-state index is 0.0134. The Labute approximate surface area is 135 Å². The quantitative estimate of drug-likeness (QED) is 0.651. The molecule has 5 nitrogen and oxygen atoms in total. The lowest BCUT2D eigenvalue weighted by Crippen LogP contribution is -2.25. The molecule has 1 amide bonds. The molecule has 0 bridgehead atoms. The number of nitrogens with one attached hydrogen (secondary N) is 1. The molecule has 2 rings (SSSR count). The van der Waals surface area contributed by atoms with Gasteiger partial charge in [-0.2, -0.15) is 0 Å². The highest BCUT2D eigenvalue weighted by molar-refractivity contribution is 9.10. The van der Waals surface area contributed by atoms with Crippen molar-refractivity contribution in [2.75, 3.05) is 32.1 Å². The van der Waals surface area contributed by atoms with Gasteiger partial charge < -0.3 is 20.9 Å². The molecular weight excluding hydrogens is 356 g/mol. The number of fused-ring (bicyclic) bond motifs is 1. The van der Waals surface area contributed by atoms with Crippen LogP contribution in [0.2, 0.25) is 0 Å². The van der Waals surface area contributed by atoms with Gasteiger partial charge in [0.25, 0.3) is 5.91 Å². The van der Waals surface area contributed by atoms with Crippen LogP contribution in [0.4, 0.5) is 5.69 Å². The topological polar surface area (TPSA) is 84.6 Å². The highest BCUT2D eigenvalue weighted by atomic mass is 79.9. The Bertz CT molecular complexity index is 630. The Morgan fingerprint density at radius 1 is 1.43 bits per heavy atom. The number of carbonyl (C=O) groups is 1. The number of amides is 1. The molecule has 0 radical (unpaired) electrons. The second-order valence-corrected chi connectivity index (χ2v) is 6.31. The van der Waals surface area contributed by atoms with Gasteiger partial charge in [-0.1, -0.05) is 22.0 Å². The predicted octanol–water partition coefficient (Wildman–Crippen LogP) is 2.37. The molecule has 0 aliphatic heterocycles. The van der Waals surface area contributed by atoms with Crippen LogP contribution in [0.3, 0.4) is 0 Å². The van der Waals surface area contributed by atoms with Crippen molar-refractivity contribution in [3.05, 3.63) is 27.5 Å². The van der Waals surface area contributed by atoms with Crippen LogP contribution >= 0.6 is 27.3 Å². The summed E-state index contributed by atoms with van der Waals surface area (Å²) in [5.74, 6) is -0.164. The molecule has 0 aliphatic carbocycles. The predicted molar refractivity (Wildman–Crippen MR) is 88.8 cm³/mol. The molecule has 0 saturated heterocycles. The standard InChI is InChI=1S/C14H17BrN2O3S/c15-9-3-1-4-10-11(9)12(16)13(21-10)14(19)17-5-2-7-20-8-6-18/h1,3-4,18H,2,5-8,16H2,(H,17,19). The molecule has 0 fully saturated rings. The molecule has 1 aromatic carbocycles. The summed E-state index contributed by atoms with van der Waals surface area (Å²) in [7, 11) is 0. The van der Waals surface area contributed by atoms with Crippen LogP contribution in [0.15, 0.2) is 22.7 Å². The number of anilines is 1. The lowest BCUT2D eigenvalue weighted by molar-refractivity contribution is 0.0869. The molecule has 1 aromatic heterocycles. The summed E-state index contributed by atoms with van der Waals surface area (Å²) in [4.78, 5) is 12.7. The highest BCUT2D eigenvalue weighted by Gasteiger charge is 2.17. The Hall–Kier alpha value is -1.15. The van der Waals surface area contributed by atoms with Crippen molar-refractivity contribution < 1.29 is 14.6 Å². The number of nitrogen functional groups attached to an aromatic ring is 1. The van der Waals surface area contributed by atoms with E-state index < -0.39 is 0 Å². The van der Waals surface area contributed by atoms with Crippen molar-refractivity contribution in [1.82, 2.24) is 5.32 Å². The summed E-state index contributed by atoms with van der Waals surface area (Å²) in [5.41, 5.74) is 6.59. The average Bonchev–Trinajstić information content (AvgIpc) is 2.81. The van der Waals surface area contributed by atoms with E-state index in [1.807, 2.05) is 18.2 Å². The number of ether oxygens (including phenoxy) is 1. The third kappa shape index (κ3) is 3.94. The van der Waals surface area contributed by atoms with E-state index in [9.17, 15) is 4.79 Å². The minimum Gasteiger partial charge on any atom is -0.397 e. The molecule has 0 unspecified atom stereocenters. The first-order valence-corrected chi connectivity index (χ1v) is 8.19. The van der Waals surface area contributed by atoms with Crippen LogP contribution in [0, 0.1) is 0 Å². The monoisotopic (exact) mass is 372 g/mol. The van der Waals surface area contributed by atoms with Crippen molar-refractivity contribution in [2.24, 2.45) is 0 Å². The molecule has 4 N–H and O–H groups in total. The highest BCUT2D eigenvalue weighted by Crippen LogP contribution is 2.37. The normalized spacial score (nSPS) is 11.0. The summed E-state index contributed by atoms with van der Waals surface area (Å²) >= 11 is 4.84. The number of thiophene rings is 1. The second kappa shape index (κ2) is 7.74. The van der Waals surface area contributed by atoms with Gasteiger partial charge in [0.2, 0.25) is 0 Å². The van der Waals surface area contributed by atoms with Gasteiger partial charge in [0.1, 0.15) is 4.88 Å². The van der Waals surface area contributed by atoms with Crippen molar-refractivity contribution in [3.63, 3.8) is 0 Å². The van der Waals surface area contributed by atoms with Crippen LogP contribution < -0.4 is 11.1 Å². The van der Waals surface area contributed by atoms with Crippen LogP contribution in [0.1, 0.15) is 16.1 Å². The van der Waals surface area contributed by atoms with Crippen molar-refractivity contribution >= 4 is 48.9 Å². The van der Waals surface area contributed by atoms with E-state index in [0.29, 0.717) is 36.7 Å². The maximum absolute atomic E-state index is 12.2. The van der Waals surface area contributed by atoms with Gasteiger partial charge in [-0.25, -0.2) is 0 Å². The smallest absolute Gasteiger partial charge is 0.263 e. The van der Waals surface area contributed by atoms with E-state index in [0.717, 1.165) is 14.6 Å². The Morgan fingerprint density at radius 3 is 2.95 bits per heavy atom. The molecule has 1 heterocycles. The van der Waals surface area contributed by atoms with Crippen molar-refractivity contribution in [3.8, 4) is 0 Å². The zero-order valence-electron chi connectivity index (χ0n) is 11.4. The van der Waals surface area contributed by atoms with E-state index in [2.05, 4.69) is 21.2 Å². The first kappa shape index (κ1) is 16.2. The molecule has 7 heteroatoms. The first-order chi connectivity index (χ1) is 10.1. The SMILES string of the molecule is Nc1c(C(=O)NCCCOCCO)sc2cccc(Br)c12. The Morgan fingerprint density at radius 2 is 2.24 bits per heavy atom. The molecule has 0 saturated carbocycles. The molecule has 2 aromatic rings. The number of carbonyl (C=O) groups excluding carboxylic acids is 1. The van der Waals surface area contributed by atoms with E-state index in [4.69, 9.17) is 15.6 Å². The van der Waals surface area contributed by atoms with Crippen molar-refractivity contribution in [1.29, 1.82) is 0 Å². The largest absolute Gasteiger partial charge is 0.397 e. The Balaban J connectivity index is 1.97. The fourth-order valence-corrected chi connectivity index (χ4v) is 3.70. The number of aliphatic hydroxyl groups is 1. The van der Waals surface area contributed by atoms with Gasteiger partial charge >= 0.3 is 0 Å². The van der Waals surface area contributed by atoms with Crippen LogP contribution in [-0.2, 0) is 4.74 Å². The summed E-state index contributed by atoms with van der Waals surface area (Å²) < 4.78 is 7.01. The molecule has 0 atom stereocenters. The van der Waals surface area contributed by atoms with Gasteiger partial charge in [0, 0.05) is 27.7 Å². The number of nitrogens with two attached hydrogens (primary N) is 1. The van der Waals surface area contributed by atoms with Gasteiger partial charge in [0.05, 0.1) is 18.9 Å². The van der Waals surface area contributed by atoms with Gasteiger partial charge in [-0.15, -0.1) is 11.3 Å². The second-order valence-electron chi connectivity index (χ2n) is 4.40. The number of rotatable bonds is 7. The number of aliphatic hydroxyl groups excluding tert-OH is 1. The number of halogens is 1. The lowest BCUT2D eigenvalue weighted by Gasteiger charge is -2.05. The zero-order valence-corrected chi connectivity index (χ0v) is 13.8.